The molecule has 0 aromatic carbocycles. The van der Waals surface area contributed by atoms with Crippen molar-refractivity contribution in [2.24, 2.45) is 0 Å². The maximum atomic E-state index is 11.6. The van der Waals surface area contributed by atoms with E-state index in [-0.39, 0.29) is 23.9 Å². The normalized spacial score (nSPS) is 11.6. The molecule has 120 valence electrons. The Morgan fingerprint density at radius 1 is 1.24 bits per heavy atom. The largest absolute Gasteiger partial charge is 0.469 e. The number of ether oxygens (including phenoxy) is 1. The summed E-state index contributed by atoms with van der Waals surface area (Å²) in [7, 11) is -1.67. The zero-order valence-electron chi connectivity index (χ0n) is 13.2. The highest BCUT2D eigenvalue weighted by Crippen LogP contribution is 2.18. The van der Waals surface area contributed by atoms with E-state index in [1.54, 1.807) is 11.6 Å². The Kier molecular flexibility index (Phi) is 6.39. The van der Waals surface area contributed by atoms with Gasteiger partial charge in [-0.1, -0.05) is 20.8 Å². The first-order valence-electron chi connectivity index (χ1n) is 7.23. The van der Waals surface area contributed by atoms with E-state index < -0.39 is 9.84 Å². The minimum Gasteiger partial charge on any atom is -0.469 e. The number of aromatic nitrogens is 2. The number of carbonyl (C=O) groups is 1. The lowest BCUT2D eigenvalue weighted by Crippen LogP contribution is -2.17. The van der Waals surface area contributed by atoms with Crippen molar-refractivity contribution in [1.82, 2.24) is 9.78 Å². The summed E-state index contributed by atoms with van der Waals surface area (Å²) in [5.74, 6) is -0.107. The maximum absolute atomic E-state index is 11.6. The number of hydrogen-bond donors (Lipinski definition) is 0. The molecule has 0 unspecified atom stereocenters. The first kappa shape index (κ1) is 17.7. The lowest BCUT2D eigenvalue weighted by atomic mass is 10.1. The van der Waals surface area contributed by atoms with Crippen molar-refractivity contribution in [2.45, 2.75) is 46.6 Å². The molecule has 0 bridgehead atoms. The number of esters is 1. The topological polar surface area (TPSA) is 78.3 Å². The van der Waals surface area contributed by atoms with Crippen LogP contribution in [-0.2, 0) is 45.2 Å². The van der Waals surface area contributed by atoms with E-state index in [2.05, 4.69) is 5.10 Å². The minimum atomic E-state index is -3.03. The van der Waals surface area contributed by atoms with Crippen LogP contribution in [0.4, 0.5) is 0 Å². The van der Waals surface area contributed by atoms with Gasteiger partial charge < -0.3 is 4.74 Å². The molecule has 1 heterocycles. The van der Waals surface area contributed by atoms with E-state index in [0.717, 1.165) is 17.0 Å². The summed E-state index contributed by atoms with van der Waals surface area (Å²) in [6.45, 7) is 5.91. The van der Waals surface area contributed by atoms with Crippen LogP contribution in [0.15, 0.2) is 0 Å². The van der Waals surface area contributed by atoms with E-state index in [1.165, 1.54) is 7.11 Å². The van der Waals surface area contributed by atoms with Gasteiger partial charge in [0, 0.05) is 17.0 Å². The lowest BCUT2D eigenvalue weighted by molar-refractivity contribution is -0.139. The second kappa shape index (κ2) is 7.59. The second-order valence-corrected chi connectivity index (χ2v) is 7.26. The molecule has 7 heteroatoms. The summed E-state index contributed by atoms with van der Waals surface area (Å²) in [6, 6.07) is 0. The van der Waals surface area contributed by atoms with Gasteiger partial charge in [-0.3, -0.25) is 9.48 Å². The number of nitrogens with zero attached hydrogens (tertiary/aromatic N) is 2. The fourth-order valence-corrected chi connectivity index (χ4v) is 2.98. The summed E-state index contributed by atoms with van der Waals surface area (Å²) in [5, 5.41) is 4.47. The fraction of sp³-hybridized carbons (Fsp3) is 0.714. The molecule has 0 aliphatic heterocycles. The number of rotatable bonds is 8. The van der Waals surface area contributed by atoms with E-state index in [1.807, 2.05) is 13.8 Å². The average Bonchev–Trinajstić information content (AvgIpc) is 2.81. The van der Waals surface area contributed by atoms with E-state index in [0.29, 0.717) is 19.4 Å². The van der Waals surface area contributed by atoms with Crippen molar-refractivity contribution in [3.05, 3.63) is 17.0 Å². The Morgan fingerprint density at radius 3 is 2.38 bits per heavy atom. The van der Waals surface area contributed by atoms with Crippen LogP contribution in [-0.4, -0.2) is 42.8 Å². The highest BCUT2D eigenvalue weighted by molar-refractivity contribution is 7.91. The third-order valence-corrected chi connectivity index (χ3v) is 5.21. The van der Waals surface area contributed by atoms with Crippen molar-refractivity contribution in [1.29, 1.82) is 0 Å². The Morgan fingerprint density at radius 2 is 1.90 bits per heavy atom. The highest BCUT2D eigenvalue weighted by atomic mass is 32.2. The van der Waals surface area contributed by atoms with Gasteiger partial charge in [0.05, 0.1) is 31.5 Å². The average molecular weight is 316 g/mol. The predicted molar refractivity (Wildman–Crippen MR) is 81.0 cm³/mol. The third-order valence-electron chi connectivity index (χ3n) is 3.52. The molecule has 0 aliphatic rings. The molecule has 0 spiro atoms. The van der Waals surface area contributed by atoms with Gasteiger partial charge in [0.2, 0.25) is 0 Å². The Hall–Kier alpha value is -1.37. The molecule has 0 aliphatic carbocycles. The Balaban J connectivity index is 3.07. The van der Waals surface area contributed by atoms with Crippen LogP contribution in [0.5, 0.6) is 0 Å². The lowest BCUT2D eigenvalue weighted by Gasteiger charge is -2.07. The molecule has 0 radical (unpaired) electrons. The number of aryl methyl sites for hydroxylation is 2. The molecule has 0 amide bonds. The zero-order chi connectivity index (χ0) is 16.0. The van der Waals surface area contributed by atoms with Gasteiger partial charge >= 0.3 is 5.97 Å². The second-order valence-electron chi connectivity index (χ2n) is 4.79. The van der Waals surface area contributed by atoms with E-state index >= 15 is 0 Å². The van der Waals surface area contributed by atoms with Crippen LogP contribution < -0.4 is 0 Å². The number of carbonyl (C=O) groups excluding carboxylic acids is 1. The maximum Gasteiger partial charge on any atom is 0.310 e. The number of methoxy groups -OCH3 is 1. The molecule has 1 aromatic heterocycles. The van der Waals surface area contributed by atoms with Gasteiger partial charge in [-0.15, -0.1) is 0 Å². The monoisotopic (exact) mass is 316 g/mol. The molecule has 0 fully saturated rings. The predicted octanol–water partition coefficient (Wildman–Crippen LogP) is 1.16. The quantitative estimate of drug-likeness (QED) is 0.673. The smallest absolute Gasteiger partial charge is 0.310 e. The molecule has 1 rings (SSSR count). The van der Waals surface area contributed by atoms with Crippen LogP contribution in [0.2, 0.25) is 0 Å². The summed E-state index contributed by atoms with van der Waals surface area (Å²) in [5.41, 5.74) is 2.63. The van der Waals surface area contributed by atoms with Crippen molar-refractivity contribution < 1.29 is 17.9 Å². The van der Waals surface area contributed by atoms with Gasteiger partial charge in [-0.25, -0.2) is 8.42 Å². The number of sulfone groups is 1. The molecule has 0 saturated carbocycles. The molecule has 21 heavy (non-hydrogen) atoms. The minimum absolute atomic E-state index is 0.0685. The first-order valence-corrected chi connectivity index (χ1v) is 9.05. The van der Waals surface area contributed by atoms with Crippen LogP contribution in [0.25, 0.3) is 0 Å². The molecule has 0 N–H and O–H groups in total. The SMILES string of the molecule is CCc1nn(CCS(=O)(=O)CC)c(CC)c1CC(=O)OC. The molecule has 6 nitrogen and oxygen atoms in total. The van der Waals surface area contributed by atoms with Crippen LogP contribution >= 0.6 is 0 Å². The van der Waals surface area contributed by atoms with Gasteiger partial charge in [-0.05, 0) is 12.8 Å². The van der Waals surface area contributed by atoms with Gasteiger partial charge in [0.25, 0.3) is 0 Å². The molecular weight excluding hydrogens is 292 g/mol. The molecule has 1 aromatic rings. The van der Waals surface area contributed by atoms with E-state index in [4.69, 9.17) is 4.74 Å². The third kappa shape index (κ3) is 4.56. The molecular formula is C14H24N2O4S. The highest BCUT2D eigenvalue weighted by Gasteiger charge is 2.19. The standard InChI is InChI=1S/C14H24N2O4S/c1-5-12-11(10-14(17)20-4)13(6-2)16(15-12)8-9-21(18,19)7-3/h5-10H2,1-4H3. The summed E-state index contributed by atoms with van der Waals surface area (Å²) < 4.78 is 29.7. The van der Waals surface area contributed by atoms with Crippen molar-refractivity contribution in [3.8, 4) is 0 Å². The van der Waals surface area contributed by atoms with Gasteiger partial charge in [0.15, 0.2) is 9.84 Å². The fourth-order valence-electron chi connectivity index (χ4n) is 2.24. The summed E-state index contributed by atoms with van der Waals surface area (Å²) >= 11 is 0. The Bertz CT molecular complexity index is 590. The molecule has 0 atom stereocenters. The summed E-state index contributed by atoms with van der Waals surface area (Å²) in [6.07, 6.45) is 1.59. The van der Waals surface area contributed by atoms with Gasteiger partial charge in [-0.2, -0.15) is 5.10 Å². The van der Waals surface area contributed by atoms with Crippen LogP contribution in [0, 0.1) is 0 Å². The van der Waals surface area contributed by atoms with Crippen molar-refractivity contribution in [3.63, 3.8) is 0 Å². The zero-order valence-corrected chi connectivity index (χ0v) is 14.0. The van der Waals surface area contributed by atoms with E-state index in [9.17, 15) is 13.2 Å². The number of hydrogen-bond acceptors (Lipinski definition) is 5. The van der Waals surface area contributed by atoms with Crippen molar-refractivity contribution in [2.75, 3.05) is 18.6 Å². The summed E-state index contributed by atoms with van der Waals surface area (Å²) in [4.78, 5) is 11.5. The van der Waals surface area contributed by atoms with Crippen LogP contribution in [0.1, 0.15) is 37.7 Å². The van der Waals surface area contributed by atoms with Gasteiger partial charge in [0.1, 0.15) is 0 Å². The van der Waals surface area contributed by atoms with Crippen LogP contribution in [0.3, 0.4) is 0 Å². The first-order chi connectivity index (χ1) is 9.88. The Labute approximate surface area is 126 Å². The van der Waals surface area contributed by atoms with Crippen molar-refractivity contribution >= 4 is 15.8 Å². The molecule has 0 saturated heterocycles.